The smallest absolute Gasteiger partial charge is 0.258 e. The molecule has 5 rings (SSSR count). The third-order valence-electron chi connectivity index (χ3n) is 5.23. The summed E-state index contributed by atoms with van der Waals surface area (Å²) >= 11 is 0. The minimum absolute atomic E-state index is 0.323. The SMILES string of the molecule is [C-]#[N+]c1cccc(C2=C3C(=O)NC(c4ccc(-c5ccccc5)cc4)=C3C(=O)N2)c1. The number of carbonyl (C=O) groups is 2. The Balaban J connectivity index is 1.59. The Morgan fingerprint density at radius 2 is 1.13 bits per heavy atom. The quantitative estimate of drug-likeness (QED) is 0.657. The fourth-order valence-corrected chi connectivity index (χ4v) is 3.81. The molecule has 3 aromatic rings. The van der Waals surface area contributed by atoms with Crippen LogP contribution in [0.3, 0.4) is 0 Å². The van der Waals surface area contributed by atoms with Gasteiger partial charge in [-0.25, -0.2) is 4.85 Å². The Kier molecular flexibility index (Phi) is 4.04. The van der Waals surface area contributed by atoms with Crippen LogP contribution in [-0.2, 0) is 9.59 Å². The van der Waals surface area contributed by atoms with E-state index in [2.05, 4.69) is 15.5 Å². The van der Waals surface area contributed by atoms with Crippen LogP contribution in [0.2, 0.25) is 0 Å². The van der Waals surface area contributed by atoms with Gasteiger partial charge in [-0.3, -0.25) is 9.59 Å². The lowest BCUT2D eigenvalue weighted by Gasteiger charge is -2.08. The van der Waals surface area contributed by atoms with Gasteiger partial charge in [0, 0.05) is 0 Å². The van der Waals surface area contributed by atoms with Crippen molar-refractivity contribution < 1.29 is 9.59 Å². The van der Waals surface area contributed by atoms with E-state index in [4.69, 9.17) is 6.57 Å². The third kappa shape index (κ3) is 2.79. The van der Waals surface area contributed by atoms with Crippen LogP contribution in [0, 0.1) is 6.57 Å². The van der Waals surface area contributed by atoms with Crippen molar-refractivity contribution in [3.8, 4) is 11.1 Å². The molecule has 2 heterocycles. The highest BCUT2D eigenvalue weighted by Gasteiger charge is 2.40. The molecule has 2 aliphatic heterocycles. The summed E-state index contributed by atoms with van der Waals surface area (Å²) in [5.74, 6) is -0.651. The molecule has 2 aliphatic rings. The van der Waals surface area contributed by atoms with Crippen LogP contribution >= 0.6 is 0 Å². The van der Waals surface area contributed by atoms with E-state index in [0.29, 0.717) is 33.8 Å². The van der Waals surface area contributed by atoms with Gasteiger partial charge >= 0.3 is 0 Å². The first-order valence-electron chi connectivity index (χ1n) is 9.41. The lowest BCUT2D eigenvalue weighted by Crippen LogP contribution is -2.21. The molecule has 5 heteroatoms. The van der Waals surface area contributed by atoms with Crippen LogP contribution in [0.15, 0.2) is 90.0 Å². The van der Waals surface area contributed by atoms with Crippen LogP contribution in [0.5, 0.6) is 0 Å². The van der Waals surface area contributed by atoms with E-state index in [1.54, 1.807) is 24.3 Å². The first-order valence-corrected chi connectivity index (χ1v) is 9.41. The van der Waals surface area contributed by atoms with Gasteiger partial charge < -0.3 is 10.6 Å². The molecular formula is C25H15N3O2. The van der Waals surface area contributed by atoms with Crippen molar-refractivity contribution in [2.45, 2.75) is 0 Å². The maximum absolute atomic E-state index is 12.7. The van der Waals surface area contributed by atoms with Gasteiger partial charge in [-0.15, -0.1) is 0 Å². The summed E-state index contributed by atoms with van der Waals surface area (Å²) in [6.07, 6.45) is 0. The summed E-state index contributed by atoms with van der Waals surface area (Å²) in [6, 6.07) is 24.6. The van der Waals surface area contributed by atoms with E-state index in [-0.39, 0.29) is 11.8 Å². The molecule has 0 radical (unpaired) electrons. The minimum Gasteiger partial charge on any atom is -0.321 e. The van der Waals surface area contributed by atoms with Crippen molar-refractivity contribution in [2.24, 2.45) is 0 Å². The van der Waals surface area contributed by atoms with Crippen molar-refractivity contribution in [3.63, 3.8) is 0 Å². The van der Waals surface area contributed by atoms with Crippen LogP contribution < -0.4 is 10.6 Å². The fourth-order valence-electron chi connectivity index (χ4n) is 3.81. The summed E-state index contributed by atoms with van der Waals surface area (Å²) in [5.41, 5.74) is 5.60. The average molecular weight is 389 g/mol. The molecule has 3 aromatic carbocycles. The highest BCUT2D eigenvalue weighted by Crippen LogP contribution is 2.38. The van der Waals surface area contributed by atoms with Gasteiger partial charge in [0.25, 0.3) is 11.8 Å². The molecule has 0 spiro atoms. The van der Waals surface area contributed by atoms with Crippen molar-refractivity contribution in [3.05, 3.63) is 113 Å². The monoisotopic (exact) mass is 389 g/mol. The molecule has 0 aliphatic carbocycles. The second-order valence-corrected chi connectivity index (χ2v) is 7.01. The zero-order valence-corrected chi connectivity index (χ0v) is 15.8. The van der Waals surface area contributed by atoms with Gasteiger partial charge in [0.05, 0.1) is 29.1 Å². The first kappa shape index (κ1) is 17.7. The summed E-state index contributed by atoms with van der Waals surface area (Å²) in [7, 11) is 0. The van der Waals surface area contributed by atoms with Gasteiger partial charge in [0.15, 0.2) is 5.69 Å². The summed E-state index contributed by atoms with van der Waals surface area (Å²) in [4.78, 5) is 28.9. The Bertz CT molecular complexity index is 1310. The minimum atomic E-state index is -0.325. The predicted octanol–water partition coefficient (Wildman–Crippen LogP) is 4.29. The van der Waals surface area contributed by atoms with Crippen molar-refractivity contribution in [2.75, 3.05) is 0 Å². The largest absolute Gasteiger partial charge is 0.321 e. The number of hydrogen-bond donors (Lipinski definition) is 2. The number of benzene rings is 3. The van der Waals surface area contributed by atoms with Crippen LogP contribution in [0.1, 0.15) is 11.1 Å². The Morgan fingerprint density at radius 3 is 1.77 bits per heavy atom. The molecule has 0 bridgehead atoms. The van der Waals surface area contributed by atoms with E-state index in [1.165, 1.54) is 0 Å². The Hall–Kier alpha value is -4.43. The van der Waals surface area contributed by atoms with Crippen molar-refractivity contribution in [1.29, 1.82) is 0 Å². The lowest BCUT2D eigenvalue weighted by molar-refractivity contribution is -0.117. The summed E-state index contributed by atoms with van der Waals surface area (Å²) in [5, 5.41) is 5.66. The molecule has 0 saturated heterocycles. The van der Waals surface area contributed by atoms with E-state index >= 15 is 0 Å². The Morgan fingerprint density at radius 1 is 0.600 bits per heavy atom. The molecule has 2 amide bonds. The van der Waals surface area contributed by atoms with Crippen LogP contribution in [0.4, 0.5) is 5.69 Å². The average Bonchev–Trinajstić information content (AvgIpc) is 3.33. The molecule has 5 nitrogen and oxygen atoms in total. The molecule has 0 atom stereocenters. The van der Waals surface area contributed by atoms with E-state index in [9.17, 15) is 9.59 Å². The van der Waals surface area contributed by atoms with Gasteiger partial charge in [-0.05, 0) is 28.3 Å². The molecule has 0 unspecified atom stereocenters. The predicted molar refractivity (Wildman–Crippen MR) is 115 cm³/mol. The van der Waals surface area contributed by atoms with Crippen LogP contribution in [0.25, 0.3) is 27.4 Å². The van der Waals surface area contributed by atoms with Gasteiger partial charge in [-0.2, -0.15) is 0 Å². The normalized spacial score (nSPS) is 15.0. The van der Waals surface area contributed by atoms with Crippen LogP contribution in [-0.4, -0.2) is 11.8 Å². The third-order valence-corrected chi connectivity index (χ3v) is 5.23. The number of hydrogen-bond acceptors (Lipinski definition) is 2. The topological polar surface area (TPSA) is 62.6 Å². The van der Waals surface area contributed by atoms with Gasteiger partial charge in [-0.1, -0.05) is 72.8 Å². The van der Waals surface area contributed by atoms with Crippen molar-refractivity contribution in [1.82, 2.24) is 10.6 Å². The second kappa shape index (κ2) is 6.87. The fraction of sp³-hybridized carbons (Fsp3) is 0. The second-order valence-electron chi connectivity index (χ2n) is 7.01. The number of fused-ring (bicyclic) bond motifs is 1. The molecule has 0 aromatic heterocycles. The number of rotatable bonds is 3. The summed E-state index contributed by atoms with van der Waals surface area (Å²) in [6.45, 7) is 7.19. The molecule has 30 heavy (non-hydrogen) atoms. The molecule has 0 fully saturated rings. The molecule has 0 saturated carbocycles. The van der Waals surface area contributed by atoms with E-state index in [1.807, 2.05) is 54.6 Å². The zero-order valence-electron chi connectivity index (χ0n) is 15.8. The molecule has 2 N–H and O–H groups in total. The standard InChI is InChI=1S/C25H15N3O2/c1-26-19-9-5-8-18(14-19)23-21-20(24(29)28-23)22(27-25(21)30)17-12-10-16(11-13-17)15-6-3-2-4-7-15/h2-14H,(H,27,30)(H,28,29). The van der Waals surface area contributed by atoms with E-state index < -0.39 is 0 Å². The number of nitrogens with one attached hydrogen (secondary N) is 2. The van der Waals surface area contributed by atoms with Crippen molar-refractivity contribution >= 4 is 28.9 Å². The molecular weight excluding hydrogens is 374 g/mol. The summed E-state index contributed by atoms with van der Waals surface area (Å²) < 4.78 is 0. The highest BCUT2D eigenvalue weighted by atomic mass is 16.2. The number of amides is 2. The van der Waals surface area contributed by atoms with Gasteiger partial charge in [0.2, 0.25) is 0 Å². The zero-order chi connectivity index (χ0) is 20.7. The first-order chi connectivity index (χ1) is 14.7. The Labute approximate surface area is 173 Å². The highest BCUT2D eigenvalue weighted by molar-refractivity contribution is 6.30. The molecule has 142 valence electrons. The lowest BCUT2D eigenvalue weighted by atomic mass is 9.99. The maximum atomic E-state index is 12.7. The number of nitrogens with zero attached hydrogens (tertiary/aromatic N) is 1. The van der Waals surface area contributed by atoms with E-state index in [0.717, 1.165) is 16.7 Å². The number of carbonyl (C=O) groups excluding carboxylic acids is 2. The van der Waals surface area contributed by atoms with Gasteiger partial charge in [0.1, 0.15) is 0 Å². The maximum Gasteiger partial charge on any atom is 0.258 e.